The lowest BCUT2D eigenvalue weighted by Gasteiger charge is -2.11. The number of aryl methyl sites for hydroxylation is 1. The first-order chi connectivity index (χ1) is 17.7. The number of sulfonamides is 1. The van der Waals surface area contributed by atoms with Gasteiger partial charge < -0.3 is 9.72 Å². The summed E-state index contributed by atoms with van der Waals surface area (Å²) in [5.41, 5.74) is 1.83. The highest BCUT2D eigenvalue weighted by Crippen LogP contribution is 2.30. The maximum atomic E-state index is 15.2. The van der Waals surface area contributed by atoms with E-state index in [1.54, 1.807) is 26.3 Å². The molecule has 10 heteroatoms. The van der Waals surface area contributed by atoms with Crippen LogP contribution in [0.4, 0.5) is 14.5 Å². The molecule has 0 unspecified atom stereocenters. The third-order valence-corrected chi connectivity index (χ3v) is 7.41. The SMILES string of the molecule is CCCS(=O)(=O)Nc1ccc(F)c(C(=O)c2c[nH]c3ncc(-c4ccc(CCCOC)cc4)cc23)c1F. The highest BCUT2D eigenvalue weighted by Gasteiger charge is 2.26. The molecule has 4 aromatic rings. The normalized spacial score (nSPS) is 11.7. The van der Waals surface area contributed by atoms with Crippen molar-refractivity contribution in [1.82, 2.24) is 9.97 Å². The van der Waals surface area contributed by atoms with Crippen LogP contribution in [0, 0.1) is 11.6 Å². The zero-order chi connectivity index (χ0) is 26.6. The Kier molecular flexibility index (Phi) is 7.99. The van der Waals surface area contributed by atoms with Crippen LogP contribution in [0.2, 0.25) is 0 Å². The zero-order valence-electron chi connectivity index (χ0n) is 20.5. The number of anilines is 1. The van der Waals surface area contributed by atoms with Crippen LogP contribution in [0.15, 0.2) is 54.9 Å². The van der Waals surface area contributed by atoms with Crippen LogP contribution in [-0.2, 0) is 21.2 Å². The Bertz CT molecular complexity index is 1530. The number of pyridine rings is 1. The van der Waals surface area contributed by atoms with E-state index in [4.69, 9.17) is 4.74 Å². The van der Waals surface area contributed by atoms with Gasteiger partial charge in [0.05, 0.1) is 17.0 Å². The number of halogens is 2. The number of carbonyl (C=O) groups is 1. The Morgan fingerprint density at radius 2 is 1.86 bits per heavy atom. The summed E-state index contributed by atoms with van der Waals surface area (Å²) < 4.78 is 61.3. The maximum absolute atomic E-state index is 15.2. The molecule has 2 heterocycles. The van der Waals surface area contributed by atoms with E-state index in [0.29, 0.717) is 24.1 Å². The Morgan fingerprint density at radius 1 is 1.11 bits per heavy atom. The molecule has 2 aromatic heterocycles. The Morgan fingerprint density at radius 3 is 2.57 bits per heavy atom. The molecule has 0 aliphatic rings. The number of nitrogens with one attached hydrogen (secondary N) is 2. The summed E-state index contributed by atoms with van der Waals surface area (Å²) in [6.45, 7) is 2.34. The summed E-state index contributed by atoms with van der Waals surface area (Å²) in [5.74, 6) is -3.53. The third-order valence-electron chi connectivity index (χ3n) is 5.93. The minimum Gasteiger partial charge on any atom is -0.385 e. The number of rotatable bonds is 11. The third kappa shape index (κ3) is 5.86. The van der Waals surface area contributed by atoms with Gasteiger partial charge in [0, 0.05) is 42.6 Å². The molecule has 194 valence electrons. The lowest BCUT2D eigenvalue weighted by atomic mass is 9.99. The van der Waals surface area contributed by atoms with Crippen molar-refractivity contribution in [2.45, 2.75) is 26.2 Å². The first kappa shape index (κ1) is 26.4. The topological polar surface area (TPSA) is 101 Å². The van der Waals surface area contributed by atoms with E-state index < -0.39 is 38.7 Å². The monoisotopic (exact) mass is 527 g/mol. The number of aromatic nitrogens is 2. The van der Waals surface area contributed by atoms with Gasteiger partial charge in [-0.25, -0.2) is 22.2 Å². The highest BCUT2D eigenvalue weighted by molar-refractivity contribution is 7.92. The molecule has 7 nitrogen and oxygen atoms in total. The van der Waals surface area contributed by atoms with E-state index in [2.05, 4.69) is 14.7 Å². The quantitative estimate of drug-likeness (QED) is 0.199. The molecule has 0 saturated heterocycles. The predicted molar refractivity (Wildman–Crippen MR) is 139 cm³/mol. The van der Waals surface area contributed by atoms with Gasteiger partial charge in [-0.15, -0.1) is 0 Å². The molecular formula is C27H27F2N3O4S. The number of fused-ring (bicyclic) bond motifs is 1. The molecule has 4 rings (SSSR count). The molecule has 0 aliphatic heterocycles. The maximum Gasteiger partial charge on any atom is 0.232 e. The first-order valence-electron chi connectivity index (χ1n) is 11.8. The number of methoxy groups -OCH3 is 1. The van der Waals surface area contributed by atoms with Crippen molar-refractivity contribution in [3.8, 4) is 11.1 Å². The summed E-state index contributed by atoms with van der Waals surface area (Å²) in [6, 6.07) is 11.5. The van der Waals surface area contributed by atoms with Crippen LogP contribution in [0.3, 0.4) is 0 Å². The number of ether oxygens (including phenoxy) is 1. The molecule has 2 N–H and O–H groups in total. The summed E-state index contributed by atoms with van der Waals surface area (Å²) in [5, 5.41) is 0.391. The fourth-order valence-corrected chi connectivity index (χ4v) is 5.23. The molecule has 0 aliphatic carbocycles. The van der Waals surface area contributed by atoms with Gasteiger partial charge in [-0.3, -0.25) is 9.52 Å². The number of H-pyrrole nitrogens is 1. The first-order valence-corrected chi connectivity index (χ1v) is 13.5. The van der Waals surface area contributed by atoms with Gasteiger partial charge in [0.25, 0.3) is 0 Å². The van der Waals surface area contributed by atoms with E-state index >= 15 is 4.39 Å². The highest BCUT2D eigenvalue weighted by atomic mass is 32.2. The molecule has 0 spiro atoms. The average Bonchev–Trinajstić information content (AvgIpc) is 3.30. The number of benzene rings is 2. The van der Waals surface area contributed by atoms with Gasteiger partial charge >= 0.3 is 0 Å². The van der Waals surface area contributed by atoms with Crippen LogP contribution < -0.4 is 4.72 Å². The molecule has 0 radical (unpaired) electrons. The van der Waals surface area contributed by atoms with Crippen LogP contribution in [-0.4, -0.2) is 43.6 Å². The minimum atomic E-state index is -3.84. The van der Waals surface area contributed by atoms with Crippen molar-refractivity contribution in [1.29, 1.82) is 0 Å². The van der Waals surface area contributed by atoms with Gasteiger partial charge in [0.1, 0.15) is 11.5 Å². The number of hydrogen-bond acceptors (Lipinski definition) is 5. The summed E-state index contributed by atoms with van der Waals surface area (Å²) in [4.78, 5) is 20.5. The fraction of sp³-hybridized carbons (Fsp3) is 0.259. The largest absolute Gasteiger partial charge is 0.385 e. The molecule has 0 atom stereocenters. The zero-order valence-corrected chi connectivity index (χ0v) is 21.3. The number of carbonyl (C=O) groups excluding carboxylic acids is 1. The number of ketones is 1. The van der Waals surface area contributed by atoms with Gasteiger partial charge in [-0.1, -0.05) is 31.2 Å². The molecule has 0 amide bonds. The van der Waals surface area contributed by atoms with E-state index in [1.807, 2.05) is 24.3 Å². The van der Waals surface area contributed by atoms with Gasteiger partial charge in [-0.2, -0.15) is 0 Å². The van der Waals surface area contributed by atoms with Crippen LogP contribution in [0.5, 0.6) is 0 Å². The Labute approximate surface area is 213 Å². The van der Waals surface area contributed by atoms with Crippen molar-refractivity contribution in [3.05, 3.63) is 83.2 Å². The van der Waals surface area contributed by atoms with Gasteiger partial charge in [0.2, 0.25) is 15.8 Å². The van der Waals surface area contributed by atoms with Gasteiger partial charge in [0.15, 0.2) is 5.82 Å². The van der Waals surface area contributed by atoms with E-state index in [1.165, 1.54) is 6.20 Å². The number of aromatic amines is 1. The molecular weight excluding hydrogens is 500 g/mol. The van der Waals surface area contributed by atoms with Crippen molar-refractivity contribution in [2.75, 3.05) is 24.2 Å². The predicted octanol–water partition coefficient (Wildman–Crippen LogP) is 5.47. The lowest BCUT2D eigenvalue weighted by molar-refractivity contribution is 0.103. The Balaban J connectivity index is 1.67. The van der Waals surface area contributed by atoms with Crippen molar-refractivity contribution < 1.29 is 26.7 Å². The second kappa shape index (κ2) is 11.2. The Hall–Kier alpha value is -3.63. The second-order valence-electron chi connectivity index (χ2n) is 8.65. The average molecular weight is 528 g/mol. The fourth-order valence-electron chi connectivity index (χ4n) is 4.10. The van der Waals surface area contributed by atoms with E-state index in [-0.39, 0.29) is 11.3 Å². The summed E-state index contributed by atoms with van der Waals surface area (Å²) in [7, 11) is -2.18. The molecule has 37 heavy (non-hydrogen) atoms. The minimum absolute atomic E-state index is 0.0203. The summed E-state index contributed by atoms with van der Waals surface area (Å²) >= 11 is 0. The standard InChI is InChI=1S/C27H27F2N3O4S/c1-3-13-37(34,35)32-23-11-10-22(28)24(25(23)29)26(33)21-16-31-27-20(21)14-19(15-30-27)18-8-6-17(7-9-18)5-4-12-36-2/h6-11,14-16,32H,3-5,12-13H2,1-2H3,(H,30,31). The van der Waals surface area contributed by atoms with Crippen molar-refractivity contribution in [2.24, 2.45) is 0 Å². The smallest absolute Gasteiger partial charge is 0.232 e. The van der Waals surface area contributed by atoms with Crippen LogP contribution >= 0.6 is 0 Å². The lowest BCUT2D eigenvalue weighted by Crippen LogP contribution is -2.18. The van der Waals surface area contributed by atoms with Crippen LogP contribution in [0.25, 0.3) is 22.2 Å². The van der Waals surface area contributed by atoms with Gasteiger partial charge in [-0.05, 0) is 48.6 Å². The van der Waals surface area contributed by atoms with Crippen molar-refractivity contribution in [3.63, 3.8) is 0 Å². The molecule has 0 bridgehead atoms. The van der Waals surface area contributed by atoms with E-state index in [0.717, 1.165) is 41.7 Å². The second-order valence-corrected chi connectivity index (χ2v) is 10.5. The van der Waals surface area contributed by atoms with Crippen LogP contribution in [0.1, 0.15) is 41.3 Å². The number of hydrogen-bond donors (Lipinski definition) is 2. The molecule has 0 fully saturated rings. The number of nitrogens with zero attached hydrogens (tertiary/aromatic N) is 1. The molecule has 0 saturated carbocycles. The molecule has 2 aromatic carbocycles. The summed E-state index contributed by atoms with van der Waals surface area (Å²) in [6.07, 6.45) is 5.09. The van der Waals surface area contributed by atoms with Crippen molar-refractivity contribution >= 4 is 32.5 Å². The van der Waals surface area contributed by atoms with E-state index in [9.17, 15) is 17.6 Å².